The second-order valence-electron chi connectivity index (χ2n) is 8.65. The zero-order valence-corrected chi connectivity index (χ0v) is 20.2. The maximum atomic E-state index is 13.5. The summed E-state index contributed by atoms with van der Waals surface area (Å²) in [6.07, 6.45) is 0.511. The fourth-order valence-corrected chi connectivity index (χ4v) is 5.75. The molecule has 1 fully saturated rings. The van der Waals surface area contributed by atoms with Crippen LogP contribution in [0.15, 0.2) is 52.9 Å². The van der Waals surface area contributed by atoms with Crippen molar-refractivity contribution in [2.24, 2.45) is 0 Å². The Morgan fingerprint density at radius 1 is 1.06 bits per heavy atom. The number of nitrogens with zero attached hydrogens (tertiary/aromatic N) is 1. The number of benzene rings is 2. The second-order valence-corrected chi connectivity index (χ2v) is 9.53. The van der Waals surface area contributed by atoms with Crippen LogP contribution in [-0.4, -0.2) is 54.4 Å². The molecule has 2 aromatic carbocycles. The molecule has 1 aliphatic carbocycles. The van der Waals surface area contributed by atoms with Gasteiger partial charge in [0.1, 0.15) is 5.76 Å². The molecule has 3 unspecified atom stereocenters. The van der Waals surface area contributed by atoms with Gasteiger partial charge in [-0.1, -0.05) is 41.9 Å². The van der Waals surface area contributed by atoms with E-state index in [1.807, 2.05) is 18.2 Å². The molecule has 1 saturated heterocycles. The molecule has 1 aromatic heterocycles. The van der Waals surface area contributed by atoms with Crippen molar-refractivity contribution in [2.45, 2.75) is 30.4 Å². The van der Waals surface area contributed by atoms with Gasteiger partial charge in [-0.25, -0.2) is 0 Å². The molecule has 0 bridgehead atoms. The fraction of sp³-hybridized carbons (Fsp3) is 0.360. The fourth-order valence-electron chi connectivity index (χ4n) is 5.07. The van der Waals surface area contributed by atoms with E-state index in [1.54, 1.807) is 30.3 Å². The zero-order chi connectivity index (χ0) is 23.9. The van der Waals surface area contributed by atoms with Crippen molar-refractivity contribution in [1.82, 2.24) is 15.5 Å². The number of rotatable bonds is 4. The van der Waals surface area contributed by atoms with Gasteiger partial charge < -0.3 is 19.8 Å². The van der Waals surface area contributed by atoms with E-state index in [0.717, 1.165) is 0 Å². The first-order valence-corrected chi connectivity index (χ1v) is 12.0. The zero-order valence-electron chi connectivity index (χ0n) is 18.6. The molecule has 2 heterocycles. The molecule has 34 heavy (non-hydrogen) atoms. The van der Waals surface area contributed by atoms with Gasteiger partial charge in [0.05, 0.1) is 23.6 Å². The van der Waals surface area contributed by atoms with Gasteiger partial charge in [0.2, 0.25) is 5.91 Å². The number of morpholine rings is 1. The molecule has 2 N–H and O–H groups in total. The molecule has 3 atom stereocenters. The molecule has 1 aliphatic heterocycles. The lowest BCUT2D eigenvalue weighted by molar-refractivity contribution is -0.121. The smallest absolute Gasteiger partial charge is 0.253 e. The Morgan fingerprint density at radius 2 is 1.79 bits per heavy atom. The van der Waals surface area contributed by atoms with E-state index in [2.05, 4.69) is 15.5 Å². The summed E-state index contributed by atoms with van der Waals surface area (Å²) in [4.78, 5) is 28.3. The van der Waals surface area contributed by atoms with Crippen LogP contribution in [0.4, 0.5) is 0 Å². The molecule has 9 heteroatoms. The van der Waals surface area contributed by atoms with Crippen molar-refractivity contribution in [3.8, 4) is 0 Å². The predicted octanol–water partition coefficient (Wildman–Crippen LogP) is 3.67. The van der Waals surface area contributed by atoms with Crippen molar-refractivity contribution in [3.05, 3.63) is 70.4 Å². The average molecular weight is 502 g/mol. The van der Waals surface area contributed by atoms with Crippen LogP contribution in [0.3, 0.4) is 0 Å². The van der Waals surface area contributed by atoms with E-state index in [-0.39, 0.29) is 17.9 Å². The first kappa shape index (κ1) is 23.2. The minimum atomic E-state index is -1.42. The third-order valence-corrected chi connectivity index (χ3v) is 7.43. The molecule has 0 spiro atoms. The Hall–Kier alpha value is -2.58. The van der Waals surface area contributed by atoms with Crippen LogP contribution >= 0.6 is 23.2 Å². The van der Waals surface area contributed by atoms with Gasteiger partial charge in [0, 0.05) is 49.0 Å². The summed E-state index contributed by atoms with van der Waals surface area (Å²) < 4.78 is 11.8. The molecule has 3 aromatic rings. The molecule has 7 nitrogen and oxygen atoms in total. The van der Waals surface area contributed by atoms with E-state index in [1.165, 1.54) is 6.92 Å². The summed E-state index contributed by atoms with van der Waals surface area (Å²) in [6.45, 7) is 3.96. The second kappa shape index (κ2) is 9.23. The largest absolute Gasteiger partial charge is 0.459 e. The highest BCUT2D eigenvalue weighted by molar-refractivity contribution is 6.35. The lowest BCUT2D eigenvalue weighted by Gasteiger charge is -2.49. The number of para-hydroxylation sites is 1. The summed E-state index contributed by atoms with van der Waals surface area (Å²) in [7, 11) is 0. The summed E-state index contributed by atoms with van der Waals surface area (Å²) >= 11 is 13.7. The Morgan fingerprint density at radius 3 is 2.50 bits per heavy atom. The standard InChI is InChI=1S/C25H25Cl2N3O4/c1-15(31)28-25(29-24(32)16-6-3-2-4-7-16)21-17-8-5-9-18(26)22(17)34-20(21)14-19(23(25)27)30-10-12-33-13-11-30/h2-9,19,23H,10-14H2,1H3,(H,28,31)(H,29,32). The number of amides is 2. The molecular formula is C25H25Cl2N3O4. The van der Waals surface area contributed by atoms with Gasteiger partial charge in [-0.05, 0) is 18.2 Å². The van der Waals surface area contributed by atoms with E-state index in [0.29, 0.717) is 65.6 Å². The lowest BCUT2D eigenvalue weighted by Crippen LogP contribution is -2.69. The number of ether oxygens (including phenoxy) is 1. The number of carbonyl (C=O) groups excluding carboxylic acids is 2. The number of fused-ring (bicyclic) bond motifs is 3. The normalized spacial score (nSPS) is 25.0. The van der Waals surface area contributed by atoms with Crippen LogP contribution in [0.2, 0.25) is 5.02 Å². The highest BCUT2D eigenvalue weighted by Gasteiger charge is 2.54. The highest BCUT2D eigenvalue weighted by Crippen LogP contribution is 2.45. The maximum absolute atomic E-state index is 13.5. The Bertz CT molecular complexity index is 1230. The quantitative estimate of drug-likeness (QED) is 0.420. The van der Waals surface area contributed by atoms with E-state index < -0.39 is 11.0 Å². The first-order valence-electron chi connectivity index (χ1n) is 11.2. The summed E-state index contributed by atoms with van der Waals surface area (Å²) in [6, 6.07) is 14.1. The van der Waals surface area contributed by atoms with Crippen molar-refractivity contribution in [3.63, 3.8) is 0 Å². The summed E-state index contributed by atoms with van der Waals surface area (Å²) in [5.41, 5.74) is 0.169. The SMILES string of the molecule is CC(=O)NC1(NC(=O)c2ccccc2)c2c(oc3c(Cl)cccc23)CC(N2CCOCC2)C1Cl. The van der Waals surface area contributed by atoms with Crippen LogP contribution in [0, 0.1) is 0 Å². The van der Waals surface area contributed by atoms with Gasteiger partial charge in [-0.15, -0.1) is 11.6 Å². The monoisotopic (exact) mass is 501 g/mol. The van der Waals surface area contributed by atoms with Crippen molar-refractivity contribution < 1.29 is 18.7 Å². The third kappa shape index (κ3) is 3.96. The van der Waals surface area contributed by atoms with Crippen molar-refractivity contribution >= 4 is 46.0 Å². The summed E-state index contributed by atoms with van der Waals surface area (Å²) in [5.74, 6) is -0.0486. The predicted molar refractivity (Wildman–Crippen MR) is 130 cm³/mol. The van der Waals surface area contributed by atoms with Crippen LogP contribution < -0.4 is 10.6 Å². The van der Waals surface area contributed by atoms with Gasteiger partial charge in [-0.3, -0.25) is 14.5 Å². The minimum Gasteiger partial charge on any atom is -0.459 e. The third-order valence-electron chi connectivity index (χ3n) is 6.52. The number of nitrogens with one attached hydrogen (secondary N) is 2. The maximum Gasteiger partial charge on any atom is 0.253 e. The number of halogens is 2. The van der Waals surface area contributed by atoms with Gasteiger partial charge in [-0.2, -0.15) is 0 Å². The Kier molecular flexibility index (Phi) is 6.29. The molecule has 178 valence electrons. The topological polar surface area (TPSA) is 83.8 Å². The van der Waals surface area contributed by atoms with Crippen molar-refractivity contribution in [1.29, 1.82) is 0 Å². The first-order chi connectivity index (χ1) is 16.4. The van der Waals surface area contributed by atoms with Crippen LogP contribution in [-0.2, 0) is 21.6 Å². The molecule has 2 aliphatic rings. The molecule has 5 rings (SSSR count). The molecular weight excluding hydrogens is 477 g/mol. The molecule has 0 saturated carbocycles. The molecule has 0 radical (unpaired) electrons. The Balaban J connectivity index is 1.70. The highest BCUT2D eigenvalue weighted by atomic mass is 35.5. The number of furan rings is 1. The average Bonchev–Trinajstić information content (AvgIpc) is 3.22. The minimum absolute atomic E-state index is 0.222. The van der Waals surface area contributed by atoms with E-state index in [4.69, 9.17) is 32.4 Å². The summed E-state index contributed by atoms with van der Waals surface area (Å²) in [5, 5.41) is 6.55. The molecule has 2 amide bonds. The van der Waals surface area contributed by atoms with Crippen LogP contribution in [0.5, 0.6) is 0 Å². The van der Waals surface area contributed by atoms with Gasteiger partial charge >= 0.3 is 0 Å². The number of hydrogen-bond acceptors (Lipinski definition) is 5. The lowest BCUT2D eigenvalue weighted by atomic mass is 9.80. The van der Waals surface area contributed by atoms with E-state index in [9.17, 15) is 9.59 Å². The van der Waals surface area contributed by atoms with Crippen LogP contribution in [0.1, 0.15) is 28.6 Å². The number of carbonyl (C=O) groups is 2. The van der Waals surface area contributed by atoms with Gasteiger partial charge in [0.15, 0.2) is 11.2 Å². The van der Waals surface area contributed by atoms with Crippen LogP contribution in [0.25, 0.3) is 11.0 Å². The van der Waals surface area contributed by atoms with Gasteiger partial charge in [0.25, 0.3) is 5.91 Å². The number of hydrogen-bond donors (Lipinski definition) is 2. The Labute approximate surface area is 207 Å². The van der Waals surface area contributed by atoms with Crippen molar-refractivity contribution in [2.75, 3.05) is 26.3 Å². The van der Waals surface area contributed by atoms with E-state index >= 15 is 0 Å². The number of alkyl halides is 1.